The molecule has 0 aromatic heterocycles. The topological polar surface area (TPSA) is 52.6 Å². The summed E-state index contributed by atoms with van der Waals surface area (Å²) < 4.78 is 11.2. The van der Waals surface area contributed by atoms with E-state index in [-0.39, 0.29) is 35.3 Å². The molecule has 0 aliphatic carbocycles. The van der Waals surface area contributed by atoms with Crippen LogP contribution in [0.3, 0.4) is 0 Å². The van der Waals surface area contributed by atoms with Gasteiger partial charge in [0.2, 0.25) is 0 Å². The molecule has 0 amide bonds. The molecule has 24 heavy (non-hydrogen) atoms. The van der Waals surface area contributed by atoms with E-state index in [1.807, 2.05) is 0 Å². The zero-order valence-corrected chi connectivity index (χ0v) is 16.3. The first-order valence-corrected chi connectivity index (χ1v) is 10.3. The van der Waals surface area contributed by atoms with E-state index in [0.717, 1.165) is 51.4 Å². The Kier molecular flexibility index (Phi) is 8.28. The molecule has 2 rings (SSSR count). The zero-order valence-electron chi connectivity index (χ0n) is 14.5. The second-order valence-corrected chi connectivity index (χ2v) is 8.49. The number of cyclic esters (lactones) is 2. The predicted octanol–water partition coefficient (Wildman–Crippen LogP) is 3.97. The van der Waals surface area contributed by atoms with Gasteiger partial charge in [0.05, 0.1) is 0 Å². The van der Waals surface area contributed by atoms with E-state index in [1.54, 1.807) is 0 Å². The van der Waals surface area contributed by atoms with Gasteiger partial charge in [-0.1, -0.05) is 6.92 Å². The number of hydrogen-bond donors (Lipinski definition) is 2. The highest BCUT2D eigenvalue weighted by Crippen LogP contribution is 2.34. The number of carbonyl (C=O) groups excluding carboxylic acids is 2. The van der Waals surface area contributed by atoms with Crippen LogP contribution < -0.4 is 0 Å². The van der Waals surface area contributed by atoms with E-state index < -0.39 is 0 Å². The van der Waals surface area contributed by atoms with Gasteiger partial charge in [-0.05, 0) is 51.4 Å². The Labute approximate surface area is 156 Å². The summed E-state index contributed by atoms with van der Waals surface area (Å²) in [5.74, 6) is -0.202. The molecule has 0 aromatic carbocycles. The third-order valence-electron chi connectivity index (χ3n) is 5.11. The largest absolute Gasteiger partial charge is 0.462 e. The van der Waals surface area contributed by atoms with E-state index in [2.05, 4.69) is 19.6 Å². The summed E-state index contributed by atoms with van der Waals surface area (Å²) in [6.45, 7) is 2.14. The molecule has 2 aliphatic rings. The van der Waals surface area contributed by atoms with Crippen molar-refractivity contribution in [2.75, 3.05) is 0 Å². The summed E-state index contributed by atoms with van der Waals surface area (Å²) in [4.78, 5) is 23.4. The summed E-state index contributed by atoms with van der Waals surface area (Å²) in [5, 5.41) is 0.607. The van der Waals surface area contributed by atoms with Gasteiger partial charge < -0.3 is 9.47 Å². The van der Waals surface area contributed by atoms with Crippen molar-refractivity contribution < 1.29 is 19.1 Å². The lowest BCUT2D eigenvalue weighted by atomic mass is 9.83. The molecule has 2 saturated heterocycles. The van der Waals surface area contributed by atoms with Gasteiger partial charge in [-0.2, -0.15) is 25.3 Å². The number of carbonyl (C=O) groups is 2. The number of esters is 2. The first-order chi connectivity index (χ1) is 11.5. The van der Waals surface area contributed by atoms with Crippen molar-refractivity contribution in [1.29, 1.82) is 0 Å². The van der Waals surface area contributed by atoms with Crippen LogP contribution in [0.25, 0.3) is 0 Å². The van der Waals surface area contributed by atoms with Gasteiger partial charge in [0, 0.05) is 29.3 Å². The number of rotatable bonds is 8. The molecule has 2 fully saturated rings. The molecule has 2 aliphatic heterocycles. The maximum Gasteiger partial charge on any atom is 0.306 e. The van der Waals surface area contributed by atoms with Crippen molar-refractivity contribution in [3.8, 4) is 0 Å². The summed E-state index contributed by atoms with van der Waals surface area (Å²) >= 11 is 9.30. The van der Waals surface area contributed by atoms with Gasteiger partial charge in [0.1, 0.15) is 12.2 Å². The summed E-state index contributed by atoms with van der Waals surface area (Å²) in [5.41, 5.74) is 0. The lowest BCUT2D eigenvalue weighted by Gasteiger charge is -2.37. The highest BCUT2D eigenvalue weighted by molar-refractivity contribution is 7.81. The Bertz CT molecular complexity index is 401. The SMILES string of the molecule is CCC(S)CCC(S)CC(C1CCCC(=O)O1)C1CCCC(=O)O1. The molecule has 4 atom stereocenters. The Morgan fingerprint density at radius 1 is 0.958 bits per heavy atom. The van der Waals surface area contributed by atoms with E-state index in [1.165, 1.54) is 0 Å². The van der Waals surface area contributed by atoms with Crippen LogP contribution in [0.15, 0.2) is 0 Å². The van der Waals surface area contributed by atoms with Crippen LogP contribution in [0.1, 0.15) is 71.1 Å². The quantitative estimate of drug-likeness (QED) is 0.499. The van der Waals surface area contributed by atoms with Crippen molar-refractivity contribution in [3.05, 3.63) is 0 Å². The average molecular weight is 375 g/mol. The van der Waals surface area contributed by atoms with Gasteiger partial charge in [-0.25, -0.2) is 0 Å². The van der Waals surface area contributed by atoms with Crippen molar-refractivity contribution in [2.24, 2.45) is 5.92 Å². The Morgan fingerprint density at radius 3 is 1.92 bits per heavy atom. The molecular weight excluding hydrogens is 344 g/mol. The Morgan fingerprint density at radius 2 is 1.46 bits per heavy atom. The molecule has 0 N–H and O–H groups in total. The van der Waals surface area contributed by atoms with Gasteiger partial charge >= 0.3 is 11.9 Å². The van der Waals surface area contributed by atoms with Crippen LogP contribution in [0.4, 0.5) is 0 Å². The third kappa shape index (κ3) is 6.17. The molecule has 0 saturated carbocycles. The molecule has 0 radical (unpaired) electrons. The second kappa shape index (κ2) is 9.95. The minimum atomic E-state index is -0.144. The molecule has 2 heterocycles. The highest BCUT2D eigenvalue weighted by atomic mass is 32.1. The van der Waals surface area contributed by atoms with Crippen molar-refractivity contribution in [1.82, 2.24) is 0 Å². The number of ether oxygens (including phenoxy) is 2. The van der Waals surface area contributed by atoms with Gasteiger partial charge in [-0.3, -0.25) is 9.59 Å². The molecule has 0 bridgehead atoms. The van der Waals surface area contributed by atoms with E-state index in [0.29, 0.717) is 18.1 Å². The van der Waals surface area contributed by atoms with Crippen molar-refractivity contribution in [3.63, 3.8) is 0 Å². The van der Waals surface area contributed by atoms with Crippen molar-refractivity contribution >= 4 is 37.2 Å². The fourth-order valence-corrected chi connectivity index (χ4v) is 4.18. The lowest BCUT2D eigenvalue weighted by molar-refractivity contribution is -0.170. The zero-order chi connectivity index (χ0) is 17.5. The monoisotopic (exact) mass is 374 g/mol. The average Bonchev–Trinajstić information content (AvgIpc) is 2.57. The Balaban J connectivity index is 1.98. The van der Waals surface area contributed by atoms with Crippen LogP contribution in [0.2, 0.25) is 0 Å². The van der Waals surface area contributed by atoms with Crippen LogP contribution in [0, 0.1) is 5.92 Å². The minimum absolute atomic E-state index is 0.0565. The van der Waals surface area contributed by atoms with Crippen molar-refractivity contribution in [2.45, 2.75) is 93.8 Å². The van der Waals surface area contributed by atoms with Crippen LogP contribution >= 0.6 is 25.3 Å². The number of thiol groups is 2. The van der Waals surface area contributed by atoms with Crippen LogP contribution in [-0.2, 0) is 19.1 Å². The molecule has 6 heteroatoms. The molecule has 0 spiro atoms. The molecule has 0 aromatic rings. The second-order valence-electron chi connectivity index (χ2n) is 7.03. The maximum absolute atomic E-state index is 11.7. The summed E-state index contributed by atoms with van der Waals surface area (Å²) in [7, 11) is 0. The fraction of sp³-hybridized carbons (Fsp3) is 0.889. The van der Waals surface area contributed by atoms with Gasteiger partial charge in [0.25, 0.3) is 0 Å². The number of hydrogen-bond acceptors (Lipinski definition) is 6. The first-order valence-electron chi connectivity index (χ1n) is 9.24. The minimum Gasteiger partial charge on any atom is -0.462 e. The standard InChI is InChI=1S/C18H30O4S2/c1-2-12(23)9-10-13(24)11-14(15-5-3-7-17(19)21-15)16-6-4-8-18(20)22-16/h12-16,23-24H,2-11H2,1H3. The molecule has 4 nitrogen and oxygen atoms in total. The highest BCUT2D eigenvalue weighted by Gasteiger charge is 2.38. The smallest absolute Gasteiger partial charge is 0.306 e. The Hall–Kier alpha value is -0.360. The predicted molar refractivity (Wildman–Crippen MR) is 101 cm³/mol. The van der Waals surface area contributed by atoms with E-state index in [9.17, 15) is 9.59 Å². The molecule has 4 unspecified atom stereocenters. The summed E-state index contributed by atoms with van der Waals surface area (Å²) in [6.07, 6.45) is 7.98. The van der Waals surface area contributed by atoms with Crippen LogP contribution in [-0.4, -0.2) is 34.6 Å². The first kappa shape index (κ1) is 20.0. The third-order valence-corrected chi connectivity index (χ3v) is 6.20. The fourth-order valence-electron chi connectivity index (χ4n) is 3.64. The van der Waals surface area contributed by atoms with Gasteiger partial charge in [0.15, 0.2) is 0 Å². The normalized spacial score (nSPS) is 28.6. The maximum atomic E-state index is 11.7. The lowest BCUT2D eigenvalue weighted by Crippen LogP contribution is -2.42. The molecule has 138 valence electrons. The molecular formula is C18H30O4S2. The van der Waals surface area contributed by atoms with E-state index >= 15 is 0 Å². The van der Waals surface area contributed by atoms with E-state index in [4.69, 9.17) is 22.1 Å². The van der Waals surface area contributed by atoms with Crippen LogP contribution in [0.5, 0.6) is 0 Å². The summed E-state index contributed by atoms with van der Waals surface area (Å²) in [6, 6.07) is 0. The van der Waals surface area contributed by atoms with Gasteiger partial charge in [-0.15, -0.1) is 0 Å².